The van der Waals surface area contributed by atoms with E-state index in [1.807, 2.05) is 18.0 Å². The van der Waals surface area contributed by atoms with E-state index < -0.39 is 0 Å². The molecule has 0 aromatic carbocycles. The van der Waals surface area contributed by atoms with Crippen molar-refractivity contribution in [1.29, 1.82) is 0 Å². The Kier molecular flexibility index (Phi) is 5.13. The standard InChI is InChI=1S/C17H22N2O/c1-3-7-15-13-16(12-14-8-5-4-6-9-14)19(17(15)20)11-10-18-2/h3,5,7-9,12,18H,1,4,6,10-11,13H2,2H3/b15-7+,16-12-. The number of rotatable bonds is 5. The Hall–Kier alpha value is -1.87. The summed E-state index contributed by atoms with van der Waals surface area (Å²) in [6.07, 6.45) is 15.1. The van der Waals surface area contributed by atoms with Gasteiger partial charge in [0.1, 0.15) is 0 Å². The molecular formula is C17H22N2O. The summed E-state index contributed by atoms with van der Waals surface area (Å²) < 4.78 is 0. The smallest absolute Gasteiger partial charge is 0.254 e. The fourth-order valence-corrected chi connectivity index (χ4v) is 2.47. The molecule has 20 heavy (non-hydrogen) atoms. The third-order valence-electron chi connectivity index (χ3n) is 3.50. The van der Waals surface area contributed by atoms with Crippen molar-refractivity contribution in [3.63, 3.8) is 0 Å². The molecule has 0 saturated carbocycles. The van der Waals surface area contributed by atoms with Crippen LogP contribution < -0.4 is 5.32 Å². The summed E-state index contributed by atoms with van der Waals surface area (Å²) in [5, 5.41) is 3.10. The van der Waals surface area contributed by atoms with Gasteiger partial charge in [-0.3, -0.25) is 4.79 Å². The minimum absolute atomic E-state index is 0.104. The van der Waals surface area contributed by atoms with Crippen LogP contribution in [0.4, 0.5) is 0 Å². The molecule has 1 fully saturated rings. The molecule has 3 heteroatoms. The predicted octanol–water partition coefficient (Wildman–Crippen LogP) is 2.71. The van der Waals surface area contributed by atoms with Gasteiger partial charge in [0.25, 0.3) is 5.91 Å². The third-order valence-corrected chi connectivity index (χ3v) is 3.50. The number of carbonyl (C=O) groups is 1. The fraction of sp³-hybridized carbons (Fsp3) is 0.353. The highest BCUT2D eigenvalue weighted by molar-refractivity contribution is 5.98. The van der Waals surface area contributed by atoms with E-state index in [2.05, 4.69) is 36.2 Å². The highest BCUT2D eigenvalue weighted by Crippen LogP contribution is 2.29. The molecule has 0 spiro atoms. The van der Waals surface area contributed by atoms with Crippen LogP contribution >= 0.6 is 0 Å². The monoisotopic (exact) mass is 270 g/mol. The lowest BCUT2D eigenvalue weighted by Crippen LogP contribution is -2.31. The molecule has 3 nitrogen and oxygen atoms in total. The second-order valence-corrected chi connectivity index (χ2v) is 4.98. The number of hydrogen-bond donors (Lipinski definition) is 1. The Morgan fingerprint density at radius 3 is 2.95 bits per heavy atom. The highest BCUT2D eigenvalue weighted by Gasteiger charge is 2.29. The zero-order valence-electron chi connectivity index (χ0n) is 12.1. The lowest BCUT2D eigenvalue weighted by Gasteiger charge is -2.18. The van der Waals surface area contributed by atoms with Crippen molar-refractivity contribution >= 4 is 5.91 Å². The average molecular weight is 270 g/mol. The van der Waals surface area contributed by atoms with Gasteiger partial charge in [0.2, 0.25) is 0 Å². The average Bonchev–Trinajstić information content (AvgIpc) is 2.74. The molecule has 1 N–H and O–H groups in total. The number of likely N-dealkylation sites (N-methyl/N-ethyl adjacent to an activating group) is 1. The molecule has 0 atom stereocenters. The van der Waals surface area contributed by atoms with E-state index in [1.54, 1.807) is 6.08 Å². The minimum atomic E-state index is 0.104. The van der Waals surface area contributed by atoms with Crippen molar-refractivity contribution < 1.29 is 4.79 Å². The first kappa shape index (κ1) is 14.5. The lowest BCUT2D eigenvalue weighted by atomic mass is 10.1. The normalized spacial score (nSPS) is 22.8. The zero-order valence-corrected chi connectivity index (χ0v) is 12.1. The second kappa shape index (κ2) is 7.06. The van der Waals surface area contributed by atoms with Crippen LogP contribution in [0.2, 0.25) is 0 Å². The number of carbonyl (C=O) groups excluding carboxylic acids is 1. The largest absolute Gasteiger partial charge is 0.318 e. The Balaban J connectivity index is 2.23. The first-order chi connectivity index (χ1) is 9.76. The third kappa shape index (κ3) is 3.36. The molecule has 2 rings (SSSR count). The van der Waals surface area contributed by atoms with E-state index in [1.165, 1.54) is 5.57 Å². The number of nitrogens with one attached hydrogen (secondary N) is 1. The van der Waals surface area contributed by atoms with E-state index in [0.29, 0.717) is 13.0 Å². The number of likely N-dealkylation sites (tertiary alicyclic amines) is 1. The van der Waals surface area contributed by atoms with Crippen molar-refractivity contribution in [3.05, 3.63) is 59.9 Å². The van der Waals surface area contributed by atoms with Gasteiger partial charge in [0.15, 0.2) is 0 Å². The Bertz CT molecular complexity index is 509. The van der Waals surface area contributed by atoms with Crippen molar-refractivity contribution in [3.8, 4) is 0 Å². The maximum absolute atomic E-state index is 12.4. The summed E-state index contributed by atoms with van der Waals surface area (Å²) in [5.74, 6) is 0.104. The Morgan fingerprint density at radius 2 is 2.30 bits per heavy atom. The molecule has 1 heterocycles. The summed E-state index contributed by atoms with van der Waals surface area (Å²) in [4.78, 5) is 14.2. The molecule has 106 valence electrons. The van der Waals surface area contributed by atoms with Crippen molar-refractivity contribution in [2.24, 2.45) is 0 Å². The van der Waals surface area contributed by atoms with Crippen LogP contribution in [0.3, 0.4) is 0 Å². The van der Waals surface area contributed by atoms with Gasteiger partial charge in [0, 0.05) is 30.8 Å². The fourth-order valence-electron chi connectivity index (χ4n) is 2.47. The summed E-state index contributed by atoms with van der Waals surface area (Å²) >= 11 is 0. The molecule has 1 aliphatic carbocycles. The SMILES string of the molecule is C=C/C=C1\C/C(=C/C2=CCCC=C2)N(CCNC)C1=O. The molecule has 0 unspecified atom stereocenters. The summed E-state index contributed by atoms with van der Waals surface area (Å²) in [7, 11) is 1.90. The quantitative estimate of drug-likeness (QED) is 0.779. The summed E-state index contributed by atoms with van der Waals surface area (Å²) in [5.41, 5.74) is 3.10. The lowest BCUT2D eigenvalue weighted by molar-refractivity contribution is -0.123. The van der Waals surface area contributed by atoms with Gasteiger partial charge in [0.05, 0.1) is 0 Å². The van der Waals surface area contributed by atoms with Gasteiger partial charge in [-0.2, -0.15) is 0 Å². The maximum atomic E-state index is 12.4. The molecule has 0 radical (unpaired) electrons. The van der Waals surface area contributed by atoms with E-state index in [0.717, 1.165) is 30.7 Å². The number of allylic oxidation sites excluding steroid dienone is 8. The molecule has 0 aromatic rings. The van der Waals surface area contributed by atoms with Gasteiger partial charge in [-0.1, -0.05) is 37.0 Å². The second-order valence-electron chi connectivity index (χ2n) is 4.98. The maximum Gasteiger partial charge on any atom is 0.254 e. The molecular weight excluding hydrogens is 248 g/mol. The van der Waals surface area contributed by atoms with Gasteiger partial charge in [-0.25, -0.2) is 0 Å². The predicted molar refractivity (Wildman–Crippen MR) is 83.1 cm³/mol. The minimum Gasteiger partial charge on any atom is -0.318 e. The first-order valence-corrected chi connectivity index (χ1v) is 7.11. The summed E-state index contributed by atoms with van der Waals surface area (Å²) in [6, 6.07) is 0. The molecule has 0 aromatic heterocycles. The van der Waals surface area contributed by atoms with Crippen LogP contribution in [0.1, 0.15) is 19.3 Å². The zero-order chi connectivity index (χ0) is 14.4. The van der Waals surface area contributed by atoms with E-state index in [4.69, 9.17) is 0 Å². The van der Waals surface area contributed by atoms with E-state index in [-0.39, 0.29) is 5.91 Å². The van der Waals surface area contributed by atoms with Crippen LogP contribution in [0.15, 0.2) is 59.9 Å². The number of nitrogens with zero attached hydrogens (tertiary/aromatic N) is 1. The van der Waals surface area contributed by atoms with Gasteiger partial charge in [-0.05, 0) is 31.5 Å². The van der Waals surface area contributed by atoms with E-state index >= 15 is 0 Å². The van der Waals surface area contributed by atoms with Crippen molar-refractivity contribution in [2.75, 3.05) is 20.1 Å². The van der Waals surface area contributed by atoms with Gasteiger partial charge >= 0.3 is 0 Å². The van der Waals surface area contributed by atoms with Gasteiger partial charge in [-0.15, -0.1) is 0 Å². The number of amides is 1. The van der Waals surface area contributed by atoms with Crippen LogP contribution in [-0.4, -0.2) is 30.9 Å². The van der Waals surface area contributed by atoms with Crippen LogP contribution in [0.5, 0.6) is 0 Å². The van der Waals surface area contributed by atoms with Crippen molar-refractivity contribution in [2.45, 2.75) is 19.3 Å². The Labute approximate surface area is 121 Å². The first-order valence-electron chi connectivity index (χ1n) is 7.11. The van der Waals surface area contributed by atoms with Crippen LogP contribution in [-0.2, 0) is 4.79 Å². The van der Waals surface area contributed by atoms with E-state index in [9.17, 15) is 4.79 Å². The molecule has 2 aliphatic rings. The highest BCUT2D eigenvalue weighted by atomic mass is 16.2. The van der Waals surface area contributed by atoms with Crippen LogP contribution in [0, 0.1) is 0 Å². The van der Waals surface area contributed by atoms with Crippen molar-refractivity contribution in [1.82, 2.24) is 10.2 Å². The molecule has 1 aliphatic heterocycles. The summed E-state index contributed by atoms with van der Waals surface area (Å²) in [6.45, 7) is 5.18. The van der Waals surface area contributed by atoms with Gasteiger partial charge < -0.3 is 10.2 Å². The molecule has 1 saturated heterocycles. The Morgan fingerprint density at radius 1 is 1.45 bits per heavy atom. The van der Waals surface area contributed by atoms with Crippen LogP contribution in [0.25, 0.3) is 0 Å². The topological polar surface area (TPSA) is 32.3 Å². The molecule has 1 amide bonds. The molecule has 0 bridgehead atoms. The number of hydrogen-bond acceptors (Lipinski definition) is 2.